The van der Waals surface area contributed by atoms with E-state index in [9.17, 15) is 4.79 Å². The molecule has 3 aromatic carbocycles. The monoisotopic (exact) mass is 358 g/mol. The molecular formula is C22H18N2OS. The molecule has 128 valence electrons. The number of nitrogens with two attached hydrogens (primary N) is 1. The molecule has 3 aromatic rings. The number of thioether (sulfide) groups is 1. The molecule has 3 rings (SSSR count). The van der Waals surface area contributed by atoms with E-state index < -0.39 is 0 Å². The smallest absolute Gasteiger partial charge is 0.255 e. The van der Waals surface area contributed by atoms with E-state index in [2.05, 4.69) is 17.2 Å². The van der Waals surface area contributed by atoms with Gasteiger partial charge < -0.3 is 11.1 Å². The molecule has 0 aliphatic rings. The molecule has 3 nitrogen and oxygen atoms in total. The van der Waals surface area contributed by atoms with Crippen molar-refractivity contribution < 1.29 is 4.79 Å². The lowest BCUT2D eigenvalue weighted by Gasteiger charge is -2.09. The van der Waals surface area contributed by atoms with Crippen LogP contribution in [0.25, 0.3) is 0 Å². The first kappa shape index (κ1) is 17.7. The third kappa shape index (κ3) is 4.08. The van der Waals surface area contributed by atoms with Gasteiger partial charge in [-0.05, 0) is 42.7 Å². The van der Waals surface area contributed by atoms with Gasteiger partial charge >= 0.3 is 0 Å². The van der Waals surface area contributed by atoms with Gasteiger partial charge in [0.2, 0.25) is 0 Å². The SMILES string of the molecule is CSc1ccccc1C#Cc1c(N)cccc1NC(=O)c1ccccc1. The molecule has 0 heterocycles. The van der Waals surface area contributed by atoms with Crippen molar-refractivity contribution in [1.29, 1.82) is 0 Å². The molecule has 0 saturated carbocycles. The van der Waals surface area contributed by atoms with Crippen molar-refractivity contribution in [2.24, 2.45) is 0 Å². The van der Waals surface area contributed by atoms with Gasteiger partial charge in [-0.3, -0.25) is 4.79 Å². The molecule has 1 amide bonds. The summed E-state index contributed by atoms with van der Waals surface area (Å²) in [5.74, 6) is 6.11. The van der Waals surface area contributed by atoms with E-state index in [-0.39, 0.29) is 5.91 Å². The molecule has 0 aliphatic carbocycles. The number of hydrogen-bond donors (Lipinski definition) is 2. The minimum Gasteiger partial charge on any atom is -0.398 e. The molecule has 0 fully saturated rings. The van der Waals surface area contributed by atoms with Crippen molar-refractivity contribution in [3.05, 3.63) is 89.5 Å². The predicted octanol–water partition coefficient (Wildman–Crippen LogP) is 4.64. The second kappa shape index (κ2) is 8.28. The van der Waals surface area contributed by atoms with Crippen LogP contribution in [0.3, 0.4) is 0 Å². The van der Waals surface area contributed by atoms with Gasteiger partial charge in [0, 0.05) is 21.7 Å². The van der Waals surface area contributed by atoms with Crippen LogP contribution >= 0.6 is 11.8 Å². The summed E-state index contributed by atoms with van der Waals surface area (Å²) < 4.78 is 0. The highest BCUT2D eigenvalue weighted by Gasteiger charge is 2.10. The van der Waals surface area contributed by atoms with Crippen LogP contribution in [-0.4, -0.2) is 12.2 Å². The molecule has 26 heavy (non-hydrogen) atoms. The van der Waals surface area contributed by atoms with Gasteiger partial charge in [-0.1, -0.05) is 48.2 Å². The number of carbonyl (C=O) groups is 1. The van der Waals surface area contributed by atoms with Crippen LogP contribution in [0.4, 0.5) is 11.4 Å². The summed E-state index contributed by atoms with van der Waals surface area (Å²) in [4.78, 5) is 13.6. The molecule has 0 radical (unpaired) electrons. The molecule has 0 spiro atoms. The Morgan fingerprint density at radius 1 is 0.923 bits per heavy atom. The van der Waals surface area contributed by atoms with Gasteiger partial charge in [0.05, 0.1) is 11.3 Å². The van der Waals surface area contributed by atoms with Crippen LogP contribution in [0.5, 0.6) is 0 Å². The minimum atomic E-state index is -0.191. The lowest BCUT2D eigenvalue weighted by atomic mass is 10.1. The average molecular weight is 358 g/mol. The largest absolute Gasteiger partial charge is 0.398 e. The summed E-state index contributed by atoms with van der Waals surface area (Å²) in [6.45, 7) is 0. The van der Waals surface area contributed by atoms with Crippen LogP contribution in [0.2, 0.25) is 0 Å². The summed E-state index contributed by atoms with van der Waals surface area (Å²) in [5.41, 5.74) is 9.39. The van der Waals surface area contributed by atoms with Crippen molar-refractivity contribution in [2.45, 2.75) is 4.90 Å². The van der Waals surface area contributed by atoms with Gasteiger partial charge in [-0.15, -0.1) is 11.8 Å². The molecule has 3 N–H and O–H groups in total. The van der Waals surface area contributed by atoms with Gasteiger partial charge in [0.15, 0.2) is 0 Å². The number of rotatable bonds is 3. The number of amides is 1. The van der Waals surface area contributed by atoms with E-state index in [1.165, 1.54) is 0 Å². The summed E-state index contributed by atoms with van der Waals surface area (Å²) in [6, 6.07) is 22.4. The van der Waals surface area contributed by atoms with Crippen LogP contribution in [0.1, 0.15) is 21.5 Å². The maximum absolute atomic E-state index is 12.4. The van der Waals surface area contributed by atoms with Crippen LogP contribution < -0.4 is 11.1 Å². The summed E-state index contributed by atoms with van der Waals surface area (Å²) in [7, 11) is 0. The Labute approximate surface area is 157 Å². The number of nitrogens with one attached hydrogen (secondary N) is 1. The first-order valence-corrected chi connectivity index (χ1v) is 9.31. The zero-order valence-electron chi connectivity index (χ0n) is 14.3. The maximum Gasteiger partial charge on any atom is 0.255 e. The van der Waals surface area contributed by atoms with E-state index in [0.29, 0.717) is 22.5 Å². The van der Waals surface area contributed by atoms with E-state index in [1.807, 2.05) is 54.8 Å². The van der Waals surface area contributed by atoms with Crippen LogP contribution in [0, 0.1) is 11.8 Å². The number of hydrogen-bond acceptors (Lipinski definition) is 3. The minimum absolute atomic E-state index is 0.191. The fourth-order valence-corrected chi connectivity index (χ4v) is 3.03. The fraction of sp³-hybridized carbons (Fsp3) is 0.0455. The molecule has 0 atom stereocenters. The first-order chi connectivity index (χ1) is 12.7. The Balaban J connectivity index is 1.94. The molecule has 0 unspecified atom stereocenters. The lowest BCUT2D eigenvalue weighted by molar-refractivity contribution is 0.102. The predicted molar refractivity (Wildman–Crippen MR) is 109 cm³/mol. The summed E-state index contributed by atoms with van der Waals surface area (Å²) in [6.07, 6.45) is 2.02. The Kier molecular flexibility index (Phi) is 5.62. The topological polar surface area (TPSA) is 55.1 Å². The third-order valence-corrected chi connectivity index (χ3v) is 4.61. The molecular weight excluding hydrogens is 340 g/mol. The summed E-state index contributed by atoms with van der Waals surface area (Å²) in [5, 5.41) is 2.91. The van der Waals surface area contributed by atoms with E-state index in [0.717, 1.165) is 10.5 Å². The Morgan fingerprint density at radius 2 is 1.65 bits per heavy atom. The van der Waals surface area contributed by atoms with Crippen molar-refractivity contribution in [1.82, 2.24) is 0 Å². The number of anilines is 2. The summed E-state index contributed by atoms with van der Waals surface area (Å²) >= 11 is 1.64. The van der Waals surface area contributed by atoms with E-state index in [4.69, 9.17) is 5.73 Å². The van der Waals surface area contributed by atoms with Gasteiger partial charge in [-0.25, -0.2) is 0 Å². The molecule has 4 heteroatoms. The van der Waals surface area contributed by atoms with E-state index in [1.54, 1.807) is 36.0 Å². The number of nitrogen functional groups attached to an aromatic ring is 1. The second-order valence-corrected chi connectivity index (χ2v) is 6.39. The first-order valence-electron chi connectivity index (χ1n) is 8.09. The van der Waals surface area contributed by atoms with Crippen molar-refractivity contribution in [3.63, 3.8) is 0 Å². The normalized spacial score (nSPS) is 9.88. The molecule has 0 aliphatic heterocycles. The fourth-order valence-electron chi connectivity index (χ4n) is 2.48. The lowest BCUT2D eigenvalue weighted by Crippen LogP contribution is -2.13. The van der Waals surface area contributed by atoms with Crippen molar-refractivity contribution >= 4 is 29.0 Å². The highest BCUT2D eigenvalue weighted by Crippen LogP contribution is 2.23. The van der Waals surface area contributed by atoms with E-state index >= 15 is 0 Å². The Bertz CT molecular complexity index is 988. The van der Waals surface area contributed by atoms with Gasteiger partial charge in [0.1, 0.15) is 0 Å². The molecule has 0 saturated heterocycles. The number of carbonyl (C=O) groups excluding carboxylic acids is 1. The molecule has 0 bridgehead atoms. The zero-order valence-corrected chi connectivity index (χ0v) is 15.1. The average Bonchev–Trinajstić information content (AvgIpc) is 2.68. The standard InChI is InChI=1S/C22H18N2OS/c1-26-21-13-6-5-8-16(21)14-15-18-19(23)11-7-12-20(18)24-22(25)17-9-3-2-4-10-17/h2-13H,23H2,1H3,(H,24,25). The highest BCUT2D eigenvalue weighted by molar-refractivity contribution is 7.98. The maximum atomic E-state index is 12.4. The Hall–Kier alpha value is -3.16. The van der Waals surface area contributed by atoms with Gasteiger partial charge in [0.25, 0.3) is 5.91 Å². The Morgan fingerprint density at radius 3 is 2.42 bits per heavy atom. The molecule has 0 aromatic heterocycles. The van der Waals surface area contributed by atoms with Crippen molar-refractivity contribution in [2.75, 3.05) is 17.3 Å². The highest BCUT2D eigenvalue weighted by atomic mass is 32.2. The zero-order chi connectivity index (χ0) is 18.4. The van der Waals surface area contributed by atoms with Crippen LogP contribution in [0.15, 0.2) is 77.7 Å². The van der Waals surface area contributed by atoms with Crippen LogP contribution in [-0.2, 0) is 0 Å². The number of benzene rings is 3. The third-order valence-electron chi connectivity index (χ3n) is 3.81. The van der Waals surface area contributed by atoms with Gasteiger partial charge in [-0.2, -0.15) is 0 Å². The quantitative estimate of drug-likeness (QED) is 0.407. The second-order valence-electron chi connectivity index (χ2n) is 5.54. The van der Waals surface area contributed by atoms with Crippen molar-refractivity contribution in [3.8, 4) is 11.8 Å².